The molecule has 0 spiro atoms. The molecule has 8 nitrogen and oxygen atoms in total. The number of rotatable bonds is 5. The van der Waals surface area contributed by atoms with Crippen LogP contribution in [0.2, 0.25) is 0 Å². The summed E-state index contributed by atoms with van der Waals surface area (Å²) in [6.45, 7) is -1.38. The van der Waals surface area contributed by atoms with Crippen molar-refractivity contribution in [2.24, 2.45) is 0 Å². The number of amides is 2. The van der Waals surface area contributed by atoms with E-state index in [-0.39, 0.29) is 5.56 Å². The second kappa shape index (κ2) is 9.96. The van der Waals surface area contributed by atoms with Crippen LogP contribution < -0.4 is 14.8 Å². The van der Waals surface area contributed by atoms with Crippen LogP contribution in [-0.2, 0) is 4.79 Å². The number of hydrogen-bond acceptors (Lipinski definition) is 6. The normalized spacial score (nSPS) is 16.2. The van der Waals surface area contributed by atoms with Crippen molar-refractivity contribution in [3.8, 4) is 29.4 Å². The van der Waals surface area contributed by atoms with Crippen molar-refractivity contribution in [2.75, 3.05) is 27.3 Å². The van der Waals surface area contributed by atoms with Crippen molar-refractivity contribution in [3.63, 3.8) is 0 Å². The lowest BCUT2D eigenvalue weighted by Gasteiger charge is -2.19. The first-order chi connectivity index (χ1) is 15.8. The SMILES string of the molecule is COc1ccc(C#Cc2cnccc2C(=O)NCC(=O)N2CC(F)(F)CC2C#N)c(OC)c1. The van der Waals surface area contributed by atoms with Gasteiger partial charge in [0.05, 0.1) is 50.1 Å². The highest BCUT2D eigenvalue weighted by molar-refractivity contribution is 5.98. The maximum atomic E-state index is 13.6. The number of aromatic nitrogens is 1. The molecule has 1 aromatic heterocycles. The second-order valence-corrected chi connectivity index (χ2v) is 7.15. The zero-order valence-corrected chi connectivity index (χ0v) is 17.9. The third kappa shape index (κ3) is 5.55. The lowest BCUT2D eigenvalue weighted by molar-refractivity contribution is -0.131. The van der Waals surface area contributed by atoms with Gasteiger partial charge in [-0.3, -0.25) is 14.6 Å². The van der Waals surface area contributed by atoms with Gasteiger partial charge < -0.3 is 19.7 Å². The molecule has 1 unspecified atom stereocenters. The Kier molecular flexibility index (Phi) is 7.09. The van der Waals surface area contributed by atoms with E-state index in [1.54, 1.807) is 24.3 Å². The highest BCUT2D eigenvalue weighted by Crippen LogP contribution is 2.31. The Morgan fingerprint density at radius 1 is 1.24 bits per heavy atom. The number of carbonyl (C=O) groups is 2. The summed E-state index contributed by atoms with van der Waals surface area (Å²) >= 11 is 0. The standard InChI is InChI=1S/C23H20F2N4O4/c1-32-18-6-5-15(20(9-18)33-2)3-4-16-12-27-8-7-19(16)22(31)28-13-21(30)29-14-23(24,25)10-17(29)11-26/h5-9,12,17H,10,13-14H2,1-2H3,(H,28,31). The zero-order chi connectivity index (χ0) is 24.0. The topological polar surface area (TPSA) is 105 Å². The number of methoxy groups -OCH3 is 2. The van der Waals surface area contributed by atoms with Crippen LogP contribution in [0.25, 0.3) is 0 Å². The van der Waals surface area contributed by atoms with Crippen LogP contribution in [0.4, 0.5) is 8.78 Å². The van der Waals surface area contributed by atoms with Crippen molar-refractivity contribution in [3.05, 3.63) is 53.3 Å². The minimum absolute atomic E-state index is 0.154. The number of carbonyl (C=O) groups excluding carboxylic acids is 2. The average molecular weight is 454 g/mol. The Morgan fingerprint density at radius 3 is 2.70 bits per heavy atom. The monoisotopic (exact) mass is 454 g/mol. The van der Waals surface area contributed by atoms with Gasteiger partial charge in [-0.25, -0.2) is 8.78 Å². The maximum Gasteiger partial charge on any atom is 0.268 e. The Morgan fingerprint density at radius 2 is 2.00 bits per heavy atom. The fraction of sp³-hybridized carbons (Fsp3) is 0.304. The van der Waals surface area contributed by atoms with Gasteiger partial charge in [-0.15, -0.1) is 0 Å². The summed E-state index contributed by atoms with van der Waals surface area (Å²) in [6.07, 6.45) is 2.07. The number of likely N-dealkylation sites (tertiary alicyclic amines) is 1. The average Bonchev–Trinajstić information content (AvgIpc) is 3.15. The molecule has 1 fully saturated rings. The first-order valence-corrected chi connectivity index (χ1v) is 9.81. The molecule has 2 amide bonds. The molecular weight excluding hydrogens is 434 g/mol. The molecule has 2 heterocycles. The van der Waals surface area contributed by atoms with Crippen LogP contribution >= 0.6 is 0 Å². The smallest absolute Gasteiger partial charge is 0.268 e. The predicted octanol–water partition coefficient (Wildman–Crippen LogP) is 1.99. The Balaban J connectivity index is 1.74. The van der Waals surface area contributed by atoms with Gasteiger partial charge in [-0.1, -0.05) is 11.8 Å². The van der Waals surface area contributed by atoms with Gasteiger partial charge in [0.15, 0.2) is 0 Å². The quantitative estimate of drug-likeness (QED) is 0.693. The number of nitrogens with zero attached hydrogens (tertiary/aromatic N) is 3. The van der Waals surface area contributed by atoms with Crippen molar-refractivity contribution in [1.29, 1.82) is 5.26 Å². The van der Waals surface area contributed by atoms with Crippen molar-refractivity contribution in [1.82, 2.24) is 15.2 Å². The summed E-state index contributed by atoms with van der Waals surface area (Å²) < 4.78 is 37.6. The van der Waals surface area contributed by atoms with Crippen LogP contribution in [0.15, 0.2) is 36.7 Å². The van der Waals surface area contributed by atoms with E-state index in [0.29, 0.717) is 22.6 Å². The van der Waals surface area contributed by atoms with E-state index in [0.717, 1.165) is 4.90 Å². The summed E-state index contributed by atoms with van der Waals surface area (Å²) in [4.78, 5) is 29.7. The van der Waals surface area contributed by atoms with E-state index in [1.807, 2.05) is 0 Å². The van der Waals surface area contributed by atoms with Gasteiger partial charge in [-0.2, -0.15) is 5.26 Å². The van der Waals surface area contributed by atoms with Crippen LogP contribution in [0.5, 0.6) is 11.5 Å². The van der Waals surface area contributed by atoms with E-state index in [9.17, 15) is 18.4 Å². The number of pyridine rings is 1. The molecule has 10 heteroatoms. The molecule has 1 aromatic carbocycles. The summed E-state index contributed by atoms with van der Waals surface area (Å²) in [7, 11) is 3.02. The largest absolute Gasteiger partial charge is 0.497 e. The van der Waals surface area contributed by atoms with Gasteiger partial charge in [0.1, 0.15) is 17.5 Å². The number of benzene rings is 1. The molecule has 170 valence electrons. The minimum atomic E-state index is -3.13. The summed E-state index contributed by atoms with van der Waals surface area (Å²) in [5.41, 5.74) is 1.01. The summed E-state index contributed by atoms with van der Waals surface area (Å²) in [5.74, 6) is 2.33. The molecule has 1 atom stereocenters. The first kappa shape index (κ1) is 23.5. The molecule has 3 rings (SSSR count). The minimum Gasteiger partial charge on any atom is -0.497 e. The molecule has 33 heavy (non-hydrogen) atoms. The molecule has 0 aliphatic carbocycles. The second-order valence-electron chi connectivity index (χ2n) is 7.15. The zero-order valence-electron chi connectivity index (χ0n) is 17.9. The van der Waals surface area contributed by atoms with Gasteiger partial charge in [0.25, 0.3) is 11.8 Å². The van der Waals surface area contributed by atoms with Crippen LogP contribution in [0.3, 0.4) is 0 Å². The maximum absolute atomic E-state index is 13.6. The number of nitrogens with one attached hydrogen (secondary N) is 1. The highest BCUT2D eigenvalue weighted by atomic mass is 19.3. The lowest BCUT2D eigenvalue weighted by Crippen LogP contribution is -2.43. The number of hydrogen-bond donors (Lipinski definition) is 1. The van der Waals surface area contributed by atoms with Crippen LogP contribution in [0, 0.1) is 23.2 Å². The fourth-order valence-corrected chi connectivity index (χ4v) is 3.28. The molecule has 1 aliphatic heterocycles. The van der Waals surface area contributed by atoms with Gasteiger partial charge in [0.2, 0.25) is 5.91 Å². The van der Waals surface area contributed by atoms with E-state index in [1.165, 1.54) is 32.7 Å². The van der Waals surface area contributed by atoms with Crippen LogP contribution in [-0.4, -0.2) is 61.0 Å². The van der Waals surface area contributed by atoms with E-state index in [2.05, 4.69) is 22.1 Å². The molecule has 1 N–H and O–H groups in total. The molecule has 1 saturated heterocycles. The third-order valence-electron chi connectivity index (χ3n) is 4.95. The van der Waals surface area contributed by atoms with Gasteiger partial charge in [-0.05, 0) is 18.2 Å². The highest BCUT2D eigenvalue weighted by Gasteiger charge is 2.47. The Labute approximate surface area is 189 Å². The lowest BCUT2D eigenvalue weighted by atomic mass is 10.1. The molecule has 0 radical (unpaired) electrons. The molecule has 2 aromatic rings. The Hall–Kier alpha value is -4.18. The van der Waals surface area contributed by atoms with E-state index >= 15 is 0 Å². The van der Waals surface area contributed by atoms with Crippen LogP contribution in [0.1, 0.15) is 27.9 Å². The van der Waals surface area contributed by atoms with Crippen molar-refractivity contribution >= 4 is 11.8 Å². The molecule has 0 saturated carbocycles. The van der Waals surface area contributed by atoms with E-state index in [4.69, 9.17) is 14.7 Å². The number of halogens is 2. The van der Waals surface area contributed by atoms with E-state index < -0.39 is 43.3 Å². The third-order valence-corrected chi connectivity index (χ3v) is 4.95. The molecule has 0 bridgehead atoms. The molecular formula is C23H20F2N4O4. The van der Waals surface area contributed by atoms with Gasteiger partial charge in [0, 0.05) is 24.9 Å². The number of nitriles is 1. The number of ether oxygens (including phenoxy) is 2. The number of alkyl halides is 2. The van der Waals surface area contributed by atoms with Crippen molar-refractivity contribution in [2.45, 2.75) is 18.4 Å². The summed E-state index contributed by atoms with van der Waals surface area (Å²) in [6, 6.07) is 6.98. The Bertz CT molecular complexity index is 1170. The predicted molar refractivity (Wildman–Crippen MR) is 113 cm³/mol. The van der Waals surface area contributed by atoms with Crippen molar-refractivity contribution < 1.29 is 27.8 Å². The fourth-order valence-electron chi connectivity index (χ4n) is 3.28. The summed E-state index contributed by atoms with van der Waals surface area (Å²) in [5, 5.41) is 11.4. The molecule has 1 aliphatic rings. The first-order valence-electron chi connectivity index (χ1n) is 9.81. The van der Waals surface area contributed by atoms with Gasteiger partial charge >= 0.3 is 0 Å².